The molecule has 0 spiro atoms. The highest BCUT2D eigenvalue weighted by atomic mass is 19.4. The van der Waals surface area contributed by atoms with Crippen molar-refractivity contribution in [2.75, 3.05) is 23.0 Å². The van der Waals surface area contributed by atoms with Crippen LogP contribution in [-0.2, 0) is 0 Å². The van der Waals surface area contributed by atoms with Crippen molar-refractivity contribution in [1.82, 2.24) is 0 Å². The van der Waals surface area contributed by atoms with Gasteiger partial charge in [-0.25, -0.2) is 0 Å². The average molecular weight is 336 g/mol. The summed E-state index contributed by atoms with van der Waals surface area (Å²) < 4.78 is 39.8. The summed E-state index contributed by atoms with van der Waals surface area (Å²) in [6, 6.07) is 14.1. The number of rotatable bonds is 3. The number of benzene rings is 2. The lowest BCUT2D eigenvalue weighted by atomic mass is 9.92. The monoisotopic (exact) mass is 336 g/mol. The fraction of sp³-hybridized carbons (Fsp3) is 0.333. The highest BCUT2D eigenvalue weighted by Gasteiger charge is 2.49. The van der Waals surface area contributed by atoms with E-state index in [1.54, 1.807) is 35.2 Å². The Bertz CT molecular complexity index is 743. The molecule has 0 saturated carbocycles. The second kappa shape index (κ2) is 5.61. The summed E-state index contributed by atoms with van der Waals surface area (Å²) in [5.74, 6) is 0.101. The molecule has 0 aromatic heterocycles. The number of halogens is 3. The minimum absolute atomic E-state index is 0.101. The summed E-state index contributed by atoms with van der Waals surface area (Å²) in [5, 5.41) is 10.1. The molecule has 1 aliphatic rings. The van der Waals surface area contributed by atoms with Gasteiger partial charge in [0.2, 0.25) is 0 Å². The highest BCUT2D eigenvalue weighted by molar-refractivity contribution is 5.84. The molecule has 3 rings (SSSR count). The quantitative estimate of drug-likeness (QED) is 0.864. The molecule has 0 unspecified atom stereocenters. The molecule has 1 heterocycles. The molecular formula is C18H19F3N2O. The Morgan fingerprint density at radius 2 is 1.46 bits per heavy atom. The third kappa shape index (κ3) is 2.77. The standard InChI is InChI=1S/C18H19F3N2O/c1-17(2,18(19,20)21)11-22-12-23(14-8-4-3-7-13(14)22)15-9-5-6-10-16(15)24/h3-10,24H,11-12H2,1-2H3. The van der Waals surface area contributed by atoms with Crippen LogP contribution in [0.4, 0.5) is 30.2 Å². The first-order valence-electron chi connectivity index (χ1n) is 7.67. The number of aromatic hydroxyl groups is 1. The summed E-state index contributed by atoms with van der Waals surface area (Å²) >= 11 is 0. The molecule has 2 aromatic carbocycles. The maximum absolute atomic E-state index is 13.3. The van der Waals surface area contributed by atoms with Crippen molar-refractivity contribution in [2.24, 2.45) is 5.41 Å². The Labute approximate surface area is 138 Å². The van der Waals surface area contributed by atoms with E-state index in [0.29, 0.717) is 5.69 Å². The van der Waals surface area contributed by atoms with Crippen LogP contribution in [-0.4, -0.2) is 24.5 Å². The van der Waals surface area contributed by atoms with Crippen LogP contribution in [0.25, 0.3) is 0 Å². The lowest BCUT2D eigenvalue weighted by Crippen LogP contribution is -2.44. The molecule has 0 amide bonds. The largest absolute Gasteiger partial charge is 0.506 e. The molecule has 6 heteroatoms. The van der Waals surface area contributed by atoms with E-state index >= 15 is 0 Å². The second-order valence-electron chi connectivity index (χ2n) is 6.63. The van der Waals surface area contributed by atoms with Gasteiger partial charge in [0.25, 0.3) is 0 Å². The summed E-state index contributed by atoms with van der Waals surface area (Å²) in [7, 11) is 0. The predicted octanol–water partition coefficient (Wildman–Crippen LogP) is 4.90. The highest BCUT2D eigenvalue weighted by Crippen LogP contribution is 2.46. The number of phenols is 1. The van der Waals surface area contributed by atoms with Crippen LogP contribution in [0.15, 0.2) is 48.5 Å². The number of alkyl halides is 3. The Morgan fingerprint density at radius 3 is 2.04 bits per heavy atom. The third-order valence-corrected chi connectivity index (χ3v) is 4.35. The van der Waals surface area contributed by atoms with E-state index < -0.39 is 11.6 Å². The molecule has 1 N–H and O–H groups in total. The van der Waals surface area contributed by atoms with Crippen LogP contribution in [0, 0.1) is 5.41 Å². The maximum atomic E-state index is 13.3. The van der Waals surface area contributed by atoms with Gasteiger partial charge in [-0.15, -0.1) is 0 Å². The fourth-order valence-electron chi connectivity index (χ4n) is 2.88. The summed E-state index contributed by atoms with van der Waals surface area (Å²) in [4.78, 5) is 3.53. The number of phenolic OH excluding ortho intramolecular Hbond substituents is 1. The van der Waals surface area contributed by atoms with E-state index in [2.05, 4.69) is 0 Å². The van der Waals surface area contributed by atoms with Crippen LogP contribution < -0.4 is 9.80 Å². The summed E-state index contributed by atoms with van der Waals surface area (Å²) in [6.45, 7) is 2.52. The van der Waals surface area contributed by atoms with Crippen molar-refractivity contribution in [3.8, 4) is 5.75 Å². The predicted molar refractivity (Wildman–Crippen MR) is 88.7 cm³/mol. The van der Waals surface area contributed by atoms with Crippen LogP contribution in [0.5, 0.6) is 5.75 Å². The Hall–Kier alpha value is -2.37. The first-order chi connectivity index (χ1) is 11.2. The van der Waals surface area contributed by atoms with Gasteiger partial charge >= 0.3 is 6.18 Å². The van der Waals surface area contributed by atoms with Gasteiger partial charge in [0, 0.05) is 6.54 Å². The average Bonchev–Trinajstić information content (AvgIpc) is 2.85. The van der Waals surface area contributed by atoms with E-state index in [1.807, 2.05) is 23.1 Å². The van der Waals surface area contributed by atoms with E-state index in [0.717, 1.165) is 11.4 Å². The molecule has 2 aromatic rings. The molecular weight excluding hydrogens is 317 g/mol. The van der Waals surface area contributed by atoms with Crippen molar-refractivity contribution in [2.45, 2.75) is 20.0 Å². The molecule has 0 atom stereocenters. The van der Waals surface area contributed by atoms with Gasteiger partial charge in [-0.3, -0.25) is 0 Å². The number of fused-ring (bicyclic) bond motifs is 1. The van der Waals surface area contributed by atoms with E-state index in [1.165, 1.54) is 13.8 Å². The Kier molecular flexibility index (Phi) is 3.86. The van der Waals surface area contributed by atoms with Crippen molar-refractivity contribution >= 4 is 17.1 Å². The number of hydrogen-bond acceptors (Lipinski definition) is 3. The zero-order chi connectivity index (χ0) is 17.5. The first-order valence-corrected chi connectivity index (χ1v) is 7.67. The SMILES string of the molecule is CC(C)(CN1CN(c2ccccc2O)c2ccccc21)C(F)(F)F. The normalized spacial score (nSPS) is 14.9. The molecule has 0 bridgehead atoms. The van der Waals surface area contributed by atoms with Crippen molar-refractivity contribution < 1.29 is 18.3 Å². The third-order valence-electron chi connectivity index (χ3n) is 4.35. The summed E-state index contributed by atoms with van der Waals surface area (Å²) in [5.41, 5.74) is 0.266. The van der Waals surface area contributed by atoms with E-state index in [9.17, 15) is 18.3 Å². The Balaban J connectivity index is 1.97. The molecule has 128 valence electrons. The van der Waals surface area contributed by atoms with Gasteiger partial charge in [-0.05, 0) is 38.1 Å². The number of nitrogens with zero attached hydrogens (tertiary/aromatic N) is 2. The summed E-state index contributed by atoms with van der Waals surface area (Å²) in [6.07, 6.45) is -4.29. The first kappa shape index (κ1) is 16.5. The van der Waals surface area contributed by atoms with Crippen LogP contribution in [0.1, 0.15) is 13.8 Å². The van der Waals surface area contributed by atoms with Crippen LogP contribution >= 0.6 is 0 Å². The minimum atomic E-state index is -4.29. The van der Waals surface area contributed by atoms with Gasteiger partial charge in [0.15, 0.2) is 0 Å². The van der Waals surface area contributed by atoms with E-state index in [4.69, 9.17) is 0 Å². The smallest absolute Gasteiger partial charge is 0.395 e. The lowest BCUT2D eigenvalue weighted by molar-refractivity contribution is -0.207. The number of para-hydroxylation sites is 4. The molecule has 0 aliphatic carbocycles. The molecule has 3 nitrogen and oxygen atoms in total. The second-order valence-corrected chi connectivity index (χ2v) is 6.63. The molecule has 0 fully saturated rings. The van der Waals surface area contributed by atoms with Crippen molar-refractivity contribution in [3.63, 3.8) is 0 Å². The molecule has 0 saturated heterocycles. The van der Waals surface area contributed by atoms with Gasteiger partial charge in [0.05, 0.1) is 29.1 Å². The van der Waals surface area contributed by atoms with Crippen molar-refractivity contribution in [1.29, 1.82) is 0 Å². The number of anilines is 3. The van der Waals surface area contributed by atoms with Gasteiger partial charge in [0.1, 0.15) is 5.75 Å². The minimum Gasteiger partial charge on any atom is -0.506 e. The van der Waals surface area contributed by atoms with Gasteiger partial charge < -0.3 is 14.9 Å². The zero-order valence-electron chi connectivity index (χ0n) is 13.5. The van der Waals surface area contributed by atoms with E-state index in [-0.39, 0.29) is 19.0 Å². The lowest BCUT2D eigenvalue weighted by Gasteiger charge is -2.33. The topological polar surface area (TPSA) is 26.7 Å². The fourth-order valence-corrected chi connectivity index (χ4v) is 2.88. The molecule has 1 aliphatic heterocycles. The number of hydrogen-bond donors (Lipinski definition) is 1. The van der Waals surface area contributed by atoms with Crippen LogP contribution in [0.3, 0.4) is 0 Å². The molecule has 0 radical (unpaired) electrons. The van der Waals surface area contributed by atoms with Gasteiger partial charge in [-0.2, -0.15) is 13.2 Å². The van der Waals surface area contributed by atoms with Crippen LogP contribution in [0.2, 0.25) is 0 Å². The molecule has 24 heavy (non-hydrogen) atoms. The zero-order valence-corrected chi connectivity index (χ0v) is 13.5. The van der Waals surface area contributed by atoms with Gasteiger partial charge in [-0.1, -0.05) is 24.3 Å². The van der Waals surface area contributed by atoms with Crippen molar-refractivity contribution in [3.05, 3.63) is 48.5 Å². The maximum Gasteiger partial charge on any atom is 0.395 e. The Morgan fingerprint density at radius 1 is 0.917 bits per heavy atom.